The number of rotatable bonds is 6. The lowest BCUT2D eigenvalue weighted by atomic mass is 10.2. The second kappa shape index (κ2) is 8.88. The summed E-state index contributed by atoms with van der Waals surface area (Å²) in [5, 5.41) is 8.10. The second-order valence-electron chi connectivity index (χ2n) is 8.33. The number of hydrogen-bond donors (Lipinski definition) is 2. The van der Waals surface area contributed by atoms with E-state index >= 15 is 0 Å². The summed E-state index contributed by atoms with van der Waals surface area (Å²) in [6, 6.07) is 10.9. The Hall–Kier alpha value is -2.97. The molecule has 2 aromatic carbocycles. The molecule has 5 rings (SSSR count). The van der Waals surface area contributed by atoms with E-state index in [2.05, 4.69) is 51.0 Å². The summed E-state index contributed by atoms with van der Waals surface area (Å²) in [7, 11) is 0. The molecule has 1 aliphatic rings. The highest BCUT2D eigenvalue weighted by Gasteiger charge is 2.21. The minimum absolute atomic E-state index is 0.196. The van der Waals surface area contributed by atoms with Crippen LogP contribution in [0.4, 0.5) is 10.1 Å². The van der Waals surface area contributed by atoms with Crippen molar-refractivity contribution in [2.24, 2.45) is 0 Å². The summed E-state index contributed by atoms with van der Waals surface area (Å²) in [6.07, 6.45) is 1.21. The summed E-state index contributed by atoms with van der Waals surface area (Å²) in [6.45, 7) is 10.1. The predicted octanol–water partition coefficient (Wildman–Crippen LogP) is 4.18. The van der Waals surface area contributed by atoms with Crippen LogP contribution in [0, 0.1) is 5.82 Å². The number of nitrogens with one attached hydrogen (secondary N) is 2. The number of aromatic amines is 2. The van der Waals surface area contributed by atoms with Gasteiger partial charge in [0.15, 0.2) is 5.82 Å². The van der Waals surface area contributed by atoms with Crippen molar-refractivity contribution in [3.05, 3.63) is 42.2 Å². The van der Waals surface area contributed by atoms with Gasteiger partial charge < -0.3 is 19.5 Å². The predicted molar refractivity (Wildman–Crippen MR) is 125 cm³/mol. The molecule has 0 amide bonds. The number of halogens is 1. The molecule has 0 bridgehead atoms. The first-order chi connectivity index (χ1) is 15.6. The largest absolute Gasteiger partial charge is 0.375 e. The van der Waals surface area contributed by atoms with Crippen LogP contribution in [0.3, 0.4) is 0 Å². The number of fused-ring (bicyclic) bond motifs is 2. The number of hydrogen-bond acceptors (Lipinski definition) is 5. The highest BCUT2D eigenvalue weighted by molar-refractivity contribution is 5.93. The summed E-state index contributed by atoms with van der Waals surface area (Å²) < 4.78 is 19.7. The molecule has 1 atom stereocenters. The molecule has 1 fully saturated rings. The molecule has 1 saturated heterocycles. The van der Waals surface area contributed by atoms with Gasteiger partial charge in [-0.3, -0.25) is 5.10 Å². The fourth-order valence-electron chi connectivity index (χ4n) is 4.49. The van der Waals surface area contributed by atoms with Crippen LogP contribution >= 0.6 is 0 Å². The van der Waals surface area contributed by atoms with Crippen molar-refractivity contribution in [2.75, 3.05) is 44.2 Å². The van der Waals surface area contributed by atoms with Crippen LogP contribution in [-0.2, 0) is 4.74 Å². The van der Waals surface area contributed by atoms with Crippen molar-refractivity contribution >= 4 is 27.6 Å². The van der Waals surface area contributed by atoms with Crippen molar-refractivity contribution in [2.45, 2.75) is 26.4 Å². The van der Waals surface area contributed by atoms with Gasteiger partial charge in [-0.2, -0.15) is 5.10 Å². The zero-order valence-corrected chi connectivity index (χ0v) is 18.6. The average molecular weight is 437 g/mol. The number of anilines is 1. The smallest absolute Gasteiger partial charge is 0.159 e. The number of H-pyrrole nitrogens is 2. The molecule has 2 aromatic heterocycles. The third kappa shape index (κ3) is 4.08. The number of aromatic nitrogens is 4. The van der Waals surface area contributed by atoms with Gasteiger partial charge in [0, 0.05) is 37.3 Å². The zero-order valence-electron chi connectivity index (χ0n) is 18.6. The minimum atomic E-state index is -0.289. The molecule has 1 aliphatic heterocycles. The molecule has 7 nitrogen and oxygen atoms in total. The van der Waals surface area contributed by atoms with E-state index in [0.717, 1.165) is 67.9 Å². The first-order valence-corrected chi connectivity index (χ1v) is 11.4. The van der Waals surface area contributed by atoms with Crippen molar-refractivity contribution in [3.8, 4) is 11.5 Å². The molecular weight excluding hydrogens is 407 g/mol. The van der Waals surface area contributed by atoms with E-state index in [0.29, 0.717) is 17.0 Å². The first kappa shape index (κ1) is 20.9. The topological polar surface area (TPSA) is 73.1 Å². The van der Waals surface area contributed by atoms with Crippen molar-refractivity contribution in [1.29, 1.82) is 0 Å². The van der Waals surface area contributed by atoms with Crippen LogP contribution in [0.2, 0.25) is 0 Å². The van der Waals surface area contributed by atoms with E-state index in [1.807, 2.05) is 6.07 Å². The molecular formula is C24H29FN6O. The van der Waals surface area contributed by atoms with Gasteiger partial charge in [-0.15, -0.1) is 0 Å². The van der Waals surface area contributed by atoms with Crippen LogP contribution in [0.5, 0.6) is 0 Å². The lowest BCUT2D eigenvalue weighted by molar-refractivity contribution is 0.0420. The van der Waals surface area contributed by atoms with Gasteiger partial charge >= 0.3 is 0 Å². The normalized spacial score (nSPS) is 17.5. The summed E-state index contributed by atoms with van der Waals surface area (Å²) >= 11 is 0. The van der Waals surface area contributed by atoms with Crippen molar-refractivity contribution in [3.63, 3.8) is 0 Å². The van der Waals surface area contributed by atoms with Gasteiger partial charge in [0.1, 0.15) is 11.5 Å². The average Bonchev–Trinajstić information content (AvgIpc) is 3.33. The first-order valence-electron chi connectivity index (χ1n) is 11.4. The Bertz CT molecular complexity index is 1210. The van der Waals surface area contributed by atoms with Crippen molar-refractivity contribution < 1.29 is 9.13 Å². The van der Waals surface area contributed by atoms with Gasteiger partial charge in [0.05, 0.1) is 22.7 Å². The number of nitrogens with zero attached hydrogens (tertiary/aromatic N) is 4. The van der Waals surface area contributed by atoms with Gasteiger partial charge in [-0.25, -0.2) is 9.37 Å². The minimum Gasteiger partial charge on any atom is -0.375 e. The molecule has 0 spiro atoms. The Morgan fingerprint density at radius 3 is 2.88 bits per heavy atom. The summed E-state index contributed by atoms with van der Waals surface area (Å²) in [5.41, 5.74) is 4.36. The molecule has 0 radical (unpaired) electrons. The van der Waals surface area contributed by atoms with Crippen LogP contribution in [-0.4, -0.2) is 70.5 Å². The maximum Gasteiger partial charge on any atom is 0.159 e. The molecule has 1 unspecified atom stereocenters. The van der Waals surface area contributed by atoms with Crippen LogP contribution in [0.15, 0.2) is 36.4 Å². The Morgan fingerprint density at radius 2 is 2.03 bits per heavy atom. The lowest BCUT2D eigenvalue weighted by Crippen LogP contribution is -2.40. The fourth-order valence-corrected chi connectivity index (χ4v) is 4.49. The van der Waals surface area contributed by atoms with Gasteiger partial charge in [0.25, 0.3) is 0 Å². The maximum absolute atomic E-state index is 13.5. The van der Waals surface area contributed by atoms with Crippen LogP contribution in [0.25, 0.3) is 33.5 Å². The third-order valence-electron chi connectivity index (χ3n) is 6.29. The SMILES string of the molecule is CCN(CC)CC1CN(c2ccc3nc(-c4n[nH]c5cc(F)ccc45)[nH]c3c2)CCCO1. The molecule has 4 aromatic rings. The zero-order chi connectivity index (χ0) is 22.1. The molecule has 3 heterocycles. The third-order valence-corrected chi connectivity index (χ3v) is 6.29. The Kier molecular flexibility index (Phi) is 5.80. The van der Waals surface area contributed by atoms with Gasteiger partial charge in [0.2, 0.25) is 0 Å². The number of benzene rings is 2. The number of ether oxygens (including phenoxy) is 1. The Morgan fingerprint density at radius 1 is 1.16 bits per heavy atom. The lowest BCUT2D eigenvalue weighted by Gasteiger charge is -2.29. The van der Waals surface area contributed by atoms with Crippen LogP contribution in [0.1, 0.15) is 20.3 Å². The standard InChI is InChI=1S/C24H29FN6O/c1-3-30(4-2)14-18-15-31(10-5-11-32-18)17-7-9-20-22(13-17)27-24(26-20)23-19-8-6-16(25)12-21(19)28-29-23/h6-9,12-13,18H,3-5,10-11,14-15H2,1-2H3,(H,26,27)(H,28,29). The molecule has 32 heavy (non-hydrogen) atoms. The van der Waals surface area contributed by atoms with Gasteiger partial charge in [-0.1, -0.05) is 13.8 Å². The summed E-state index contributed by atoms with van der Waals surface area (Å²) in [4.78, 5) is 13.0. The van der Waals surface area contributed by atoms with E-state index in [4.69, 9.17) is 9.72 Å². The maximum atomic E-state index is 13.5. The monoisotopic (exact) mass is 436 g/mol. The molecule has 2 N–H and O–H groups in total. The van der Waals surface area contributed by atoms with E-state index in [1.54, 1.807) is 6.07 Å². The molecule has 0 saturated carbocycles. The quantitative estimate of drug-likeness (QED) is 0.474. The number of imidazole rings is 1. The molecule has 168 valence electrons. The van der Waals surface area contributed by atoms with E-state index in [-0.39, 0.29) is 11.9 Å². The highest BCUT2D eigenvalue weighted by atomic mass is 19.1. The van der Waals surface area contributed by atoms with Gasteiger partial charge in [-0.05, 0) is 55.9 Å². The van der Waals surface area contributed by atoms with E-state index in [9.17, 15) is 4.39 Å². The fraction of sp³-hybridized carbons (Fsp3) is 0.417. The molecule has 8 heteroatoms. The second-order valence-corrected chi connectivity index (χ2v) is 8.33. The van der Waals surface area contributed by atoms with E-state index < -0.39 is 0 Å². The number of likely N-dealkylation sites (N-methyl/N-ethyl adjacent to an activating group) is 1. The van der Waals surface area contributed by atoms with Crippen molar-refractivity contribution in [1.82, 2.24) is 25.1 Å². The van der Waals surface area contributed by atoms with Crippen LogP contribution < -0.4 is 4.90 Å². The summed E-state index contributed by atoms with van der Waals surface area (Å²) in [5.74, 6) is 0.385. The Balaban J connectivity index is 1.42. The highest BCUT2D eigenvalue weighted by Crippen LogP contribution is 2.29. The Labute approximate surface area is 186 Å². The van der Waals surface area contributed by atoms with E-state index in [1.165, 1.54) is 12.1 Å². The molecule has 0 aliphatic carbocycles.